The minimum Gasteiger partial charge on any atom is -0.385 e. The number of benzene rings is 1. The second-order valence-electron chi connectivity index (χ2n) is 4.37. The molecule has 1 atom stereocenters. The fourth-order valence-electron chi connectivity index (χ4n) is 1.80. The van der Waals surface area contributed by atoms with Crippen molar-refractivity contribution in [2.45, 2.75) is 25.9 Å². The molecule has 19 heavy (non-hydrogen) atoms. The summed E-state index contributed by atoms with van der Waals surface area (Å²) in [6.07, 6.45) is 0.529. The van der Waals surface area contributed by atoms with Crippen LogP contribution in [0.3, 0.4) is 0 Å². The third kappa shape index (κ3) is 5.19. The van der Waals surface area contributed by atoms with Gasteiger partial charge in [0, 0.05) is 31.8 Å². The molecule has 2 N–H and O–H groups in total. The number of ether oxygens (including phenoxy) is 1. The van der Waals surface area contributed by atoms with E-state index in [1.807, 2.05) is 31.2 Å². The summed E-state index contributed by atoms with van der Waals surface area (Å²) >= 11 is 5.94. The van der Waals surface area contributed by atoms with E-state index in [-0.39, 0.29) is 5.91 Å². The lowest BCUT2D eigenvalue weighted by Gasteiger charge is -2.24. The van der Waals surface area contributed by atoms with Gasteiger partial charge < -0.3 is 15.4 Å². The van der Waals surface area contributed by atoms with Crippen molar-refractivity contribution < 1.29 is 9.53 Å². The number of halogens is 1. The first-order valence-electron chi connectivity index (χ1n) is 6.36. The second kappa shape index (κ2) is 8.15. The van der Waals surface area contributed by atoms with Gasteiger partial charge in [-0.3, -0.25) is 4.79 Å². The van der Waals surface area contributed by atoms with E-state index in [1.165, 1.54) is 0 Å². The predicted molar refractivity (Wildman–Crippen MR) is 77.0 cm³/mol. The van der Waals surface area contributed by atoms with Crippen molar-refractivity contribution in [1.29, 1.82) is 0 Å². The molecule has 0 heterocycles. The standard InChI is InChI=1S/C14H21ClN2O2/c1-3-17(14(18)13(16)7-8-19-2)10-11-5-4-6-12(15)9-11/h4-6,9,13H,3,7-8,10,16H2,1-2H3. The Balaban J connectivity index is 2.64. The minimum atomic E-state index is -0.515. The Morgan fingerprint density at radius 2 is 2.26 bits per heavy atom. The molecule has 106 valence electrons. The maximum absolute atomic E-state index is 12.2. The van der Waals surface area contributed by atoms with Crippen molar-refractivity contribution in [3.63, 3.8) is 0 Å². The third-order valence-corrected chi connectivity index (χ3v) is 3.14. The average Bonchev–Trinajstić information content (AvgIpc) is 2.41. The first-order valence-corrected chi connectivity index (χ1v) is 6.74. The highest BCUT2D eigenvalue weighted by Gasteiger charge is 2.19. The quantitative estimate of drug-likeness (QED) is 0.834. The molecule has 0 aliphatic heterocycles. The number of carbonyl (C=O) groups is 1. The van der Waals surface area contributed by atoms with Crippen LogP contribution < -0.4 is 5.73 Å². The van der Waals surface area contributed by atoms with Crippen LogP contribution >= 0.6 is 11.6 Å². The van der Waals surface area contributed by atoms with Crippen LogP contribution in [-0.4, -0.2) is 37.1 Å². The van der Waals surface area contributed by atoms with Crippen LogP contribution in [0.4, 0.5) is 0 Å². The molecule has 0 spiro atoms. The van der Waals surface area contributed by atoms with Crippen LogP contribution in [0.5, 0.6) is 0 Å². The highest BCUT2D eigenvalue weighted by atomic mass is 35.5. The lowest BCUT2D eigenvalue weighted by molar-refractivity contribution is -0.133. The van der Waals surface area contributed by atoms with Gasteiger partial charge >= 0.3 is 0 Å². The summed E-state index contributed by atoms with van der Waals surface area (Å²) in [7, 11) is 1.60. The molecule has 1 aromatic rings. The fourth-order valence-corrected chi connectivity index (χ4v) is 2.02. The van der Waals surface area contributed by atoms with Crippen molar-refractivity contribution in [2.75, 3.05) is 20.3 Å². The van der Waals surface area contributed by atoms with Crippen LogP contribution in [0.2, 0.25) is 5.02 Å². The Labute approximate surface area is 119 Å². The number of nitrogens with two attached hydrogens (primary N) is 1. The molecule has 0 saturated heterocycles. The van der Waals surface area contributed by atoms with E-state index in [0.717, 1.165) is 5.56 Å². The summed E-state index contributed by atoms with van der Waals surface area (Å²) < 4.78 is 4.94. The van der Waals surface area contributed by atoms with Crippen LogP contribution in [0.25, 0.3) is 0 Å². The first kappa shape index (κ1) is 16.0. The predicted octanol–water partition coefficient (Wildman–Crippen LogP) is 2.05. The zero-order valence-corrected chi connectivity index (χ0v) is 12.2. The molecule has 1 unspecified atom stereocenters. The van der Waals surface area contributed by atoms with Crippen LogP contribution in [0.15, 0.2) is 24.3 Å². The fraction of sp³-hybridized carbons (Fsp3) is 0.500. The molecule has 0 saturated carbocycles. The Morgan fingerprint density at radius 1 is 1.53 bits per heavy atom. The molecular formula is C14H21ClN2O2. The summed E-state index contributed by atoms with van der Waals surface area (Å²) in [4.78, 5) is 13.9. The minimum absolute atomic E-state index is 0.0560. The molecule has 0 aromatic heterocycles. The second-order valence-corrected chi connectivity index (χ2v) is 4.81. The lowest BCUT2D eigenvalue weighted by Crippen LogP contribution is -2.43. The maximum Gasteiger partial charge on any atom is 0.239 e. The van der Waals surface area contributed by atoms with Crippen molar-refractivity contribution in [2.24, 2.45) is 5.73 Å². The molecule has 1 amide bonds. The van der Waals surface area contributed by atoms with Gasteiger partial charge in [-0.15, -0.1) is 0 Å². The molecule has 5 heteroatoms. The van der Waals surface area contributed by atoms with Gasteiger partial charge in [-0.1, -0.05) is 23.7 Å². The molecule has 0 radical (unpaired) electrons. The average molecular weight is 285 g/mol. The molecule has 1 rings (SSSR count). The van der Waals surface area contributed by atoms with Crippen molar-refractivity contribution in [1.82, 2.24) is 4.90 Å². The Morgan fingerprint density at radius 3 is 2.84 bits per heavy atom. The van der Waals surface area contributed by atoms with Crippen LogP contribution in [0, 0.1) is 0 Å². The van der Waals surface area contributed by atoms with Gasteiger partial charge in [0.2, 0.25) is 5.91 Å². The number of nitrogens with zero attached hydrogens (tertiary/aromatic N) is 1. The Kier molecular flexibility index (Phi) is 6.84. The van der Waals surface area contributed by atoms with Crippen molar-refractivity contribution in [3.05, 3.63) is 34.9 Å². The van der Waals surface area contributed by atoms with Gasteiger partial charge in [0.25, 0.3) is 0 Å². The number of rotatable bonds is 7. The smallest absolute Gasteiger partial charge is 0.239 e. The summed E-state index contributed by atoms with van der Waals surface area (Å²) in [5, 5.41) is 0.671. The number of methoxy groups -OCH3 is 1. The largest absolute Gasteiger partial charge is 0.385 e. The summed E-state index contributed by atoms with van der Waals surface area (Å²) in [5.41, 5.74) is 6.87. The summed E-state index contributed by atoms with van der Waals surface area (Å²) in [6, 6.07) is 6.98. The SMILES string of the molecule is CCN(Cc1cccc(Cl)c1)C(=O)C(N)CCOC. The molecule has 0 bridgehead atoms. The van der Waals surface area contributed by atoms with Crippen LogP contribution in [0.1, 0.15) is 18.9 Å². The maximum atomic E-state index is 12.2. The van der Waals surface area contributed by atoms with Crippen LogP contribution in [-0.2, 0) is 16.1 Å². The number of hydrogen-bond acceptors (Lipinski definition) is 3. The van der Waals surface area contributed by atoms with Gasteiger partial charge in [0.05, 0.1) is 6.04 Å². The topological polar surface area (TPSA) is 55.6 Å². The van der Waals surface area contributed by atoms with Gasteiger partial charge in [0.1, 0.15) is 0 Å². The monoisotopic (exact) mass is 284 g/mol. The van der Waals surface area contributed by atoms with Gasteiger partial charge in [-0.25, -0.2) is 0 Å². The van der Waals surface area contributed by atoms with E-state index in [4.69, 9.17) is 22.1 Å². The molecule has 0 fully saturated rings. The van der Waals surface area contributed by atoms with E-state index in [9.17, 15) is 4.79 Å². The first-order chi connectivity index (χ1) is 9.08. The van der Waals surface area contributed by atoms with E-state index in [2.05, 4.69) is 0 Å². The molecular weight excluding hydrogens is 264 g/mol. The van der Waals surface area contributed by atoms with Crippen molar-refractivity contribution >= 4 is 17.5 Å². The Hall–Kier alpha value is -1.10. The van der Waals surface area contributed by atoms with Crippen molar-refractivity contribution in [3.8, 4) is 0 Å². The molecule has 0 aliphatic rings. The summed E-state index contributed by atoms with van der Waals surface area (Å²) in [5.74, 6) is -0.0560. The zero-order chi connectivity index (χ0) is 14.3. The van der Waals surface area contributed by atoms with E-state index >= 15 is 0 Å². The van der Waals surface area contributed by atoms with Gasteiger partial charge in [-0.05, 0) is 31.0 Å². The third-order valence-electron chi connectivity index (χ3n) is 2.91. The normalized spacial score (nSPS) is 12.2. The van der Waals surface area contributed by atoms with E-state index < -0.39 is 6.04 Å². The number of hydrogen-bond donors (Lipinski definition) is 1. The molecule has 1 aromatic carbocycles. The number of amides is 1. The van der Waals surface area contributed by atoms with E-state index in [0.29, 0.717) is 31.1 Å². The Bertz CT molecular complexity index is 412. The van der Waals surface area contributed by atoms with Gasteiger partial charge in [0.15, 0.2) is 0 Å². The summed E-state index contributed by atoms with van der Waals surface area (Å²) in [6.45, 7) is 3.57. The van der Waals surface area contributed by atoms with Gasteiger partial charge in [-0.2, -0.15) is 0 Å². The highest BCUT2D eigenvalue weighted by Crippen LogP contribution is 2.13. The number of carbonyl (C=O) groups excluding carboxylic acids is 1. The number of likely N-dealkylation sites (N-methyl/N-ethyl adjacent to an activating group) is 1. The highest BCUT2D eigenvalue weighted by molar-refractivity contribution is 6.30. The zero-order valence-electron chi connectivity index (χ0n) is 11.4. The van der Waals surface area contributed by atoms with E-state index in [1.54, 1.807) is 12.0 Å². The lowest BCUT2D eigenvalue weighted by atomic mass is 10.1. The molecule has 4 nitrogen and oxygen atoms in total. The molecule has 0 aliphatic carbocycles.